The molecule has 1 aliphatic rings. The second-order valence-corrected chi connectivity index (χ2v) is 9.74. The van der Waals surface area contributed by atoms with Crippen LogP contribution in [0, 0.1) is 5.82 Å². The molecule has 0 bridgehead atoms. The van der Waals surface area contributed by atoms with Crippen molar-refractivity contribution < 1.29 is 18.7 Å². The second-order valence-electron chi connectivity index (χ2n) is 8.27. The van der Waals surface area contributed by atoms with Gasteiger partial charge in [0.05, 0.1) is 17.2 Å². The van der Waals surface area contributed by atoms with Gasteiger partial charge in [-0.3, -0.25) is 0 Å². The van der Waals surface area contributed by atoms with Gasteiger partial charge in [-0.05, 0) is 49.6 Å². The third kappa shape index (κ3) is 5.68. The van der Waals surface area contributed by atoms with E-state index in [0.29, 0.717) is 45.3 Å². The van der Waals surface area contributed by atoms with E-state index < -0.39 is 17.8 Å². The second kappa shape index (κ2) is 11.8. The molecule has 0 aliphatic carbocycles. The number of rotatable bonds is 10. The highest BCUT2D eigenvalue weighted by molar-refractivity contribution is 7.99. The summed E-state index contributed by atoms with van der Waals surface area (Å²) in [5.74, 6) is 1.19. The van der Waals surface area contributed by atoms with E-state index in [9.17, 15) is 9.18 Å². The van der Waals surface area contributed by atoms with Crippen LogP contribution in [0.4, 0.5) is 10.3 Å². The molecule has 0 radical (unpaired) electrons. The van der Waals surface area contributed by atoms with Crippen LogP contribution in [0.25, 0.3) is 0 Å². The molecule has 0 saturated carbocycles. The Hall–Kier alpha value is -3.04. The Bertz CT molecular complexity index is 1240. The molecule has 1 unspecified atom stereocenters. The first-order valence-electron chi connectivity index (χ1n) is 11.8. The molecule has 0 amide bonds. The minimum Gasteiger partial charge on any atom is -0.489 e. The summed E-state index contributed by atoms with van der Waals surface area (Å²) in [5, 5.41) is 8.85. The number of hydrogen-bond donors (Lipinski definition) is 1. The van der Waals surface area contributed by atoms with E-state index in [4.69, 9.17) is 21.1 Å². The van der Waals surface area contributed by atoms with Crippen LogP contribution in [0.3, 0.4) is 0 Å². The number of nitrogens with zero attached hydrogens (tertiary/aromatic N) is 3. The van der Waals surface area contributed by atoms with Gasteiger partial charge in [-0.25, -0.2) is 13.9 Å². The Morgan fingerprint density at radius 3 is 2.67 bits per heavy atom. The summed E-state index contributed by atoms with van der Waals surface area (Å²) < 4.78 is 27.1. The van der Waals surface area contributed by atoms with Crippen molar-refractivity contribution in [3.8, 4) is 5.75 Å². The number of carbonyl (C=O) groups excluding carboxylic acids is 1. The standard InChI is InChI=1S/C26H28ClFN4O3S/c1-4-13-34-24(33)22-16(3)29-25-30-26(36-14-5-2)31-32(25)23(22)17-9-11-18(12-10-17)35-15-19-20(27)7-6-8-21(19)28/h6-12,23H,4-5,13-15H2,1-3H3,(H,29,30,31). The quantitative estimate of drug-likeness (QED) is 0.240. The summed E-state index contributed by atoms with van der Waals surface area (Å²) >= 11 is 7.67. The summed E-state index contributed by atoms with van der Waals surface area (Å²) in [6.07, 6.45) is 1.72. The maximum Gasteiger partial charge on any atom is 0.338 e. The lowest BCUT2D eigenvalue weighted by atomic mass is 9.96. The molecular formula is C26H28ClFN4O3S. The molecule has 1 aliphatic heterocycles. The average molecular weight is 531 g/mol. The molecule has 1 atom stereocenters. The number of carbonyl (C=O) groups is 1. The van der Waals surface area contributed by atoms with Crippen molar-refractivity contribution in [2.75, 3.05) is 17.7 Å². The number of fused-ring (bicyclic) bond motifs is 1. The van der Waals surface area contributed by atoms with Crippen LogP contribution in [-0.2, 0) is 16.1 Å². The van der Waals surface area contributed by atoms with Gasteiger partial charge in [-0.2, -0.15) is 4.98 Å². The molecule has 3 aromatic rings. The number of benzene rings is 2. The number of ether oxygens (including phenoxy) is 2. The summed E-state index contributed by atoms with van der Waals surface area (Å²) in [5.41, 5.74) is 2.25. The summed E-state index contributed by atoms with van der Waals surface area (Å²) in [6.45, 7) is 6.21. The minimum atomic E-state index is -0.524. The zero-order chi connectivity index (χ0) is 25.7. The number of nitrogens with one attached hydrogen (secondary N) is 1. The van der Waals surface area contributed by atoms with Gasteiger partial charge in [0.1, 0.15) is 24.2 Å². The number of anilines is 1. The van der Waals surface area contributed by atoms with Crippen molar-refractivity contribution in [3.05, 3.63) is 75.7 Å². The van der Waals surface area contributed by atoms with E-state index in [0.717, 1.165) is 24.2 Å². The Balaban J connectivity index is 1.63. The lowest BCUT2D eigenvalue weighted by Gasteiger charge is -2.28. The number of hydrogen-bond acceptors (Lipinski definition) is 7. The zero-order valence-corrected chi connectivity index (χ0v) is 22.0. The third-order valence-electron chi connectivity index (χ3n) is 5.57. The normalized spacial score (nSPS) is 14.9. The molecule has 7 nitrogen and oxygen atoms in total. The molecule has 0 spiro atoms. The number of halogens is 2. The molecule has 2 heterocycles. The minimum absolute atomic E-state index is 0.00293. The van der Waals surface area contributed by atoms with Crippen molar-refractivity contribution in [3.63, 3.8) is 0 Å². The van der Waals surface area contributed by atoms with Crippen molar-refractivity contribution in [2.45, 2.75) is 51.4 Å². The van der Waals surface area contributed by atoms with Crippen molar-refractivity contribution >= 4 is 35.3 Å². The van der Waals surface area contributed by atoms with Gasteiger partial charge in [-0.15, -0.1) is 5.10 Å². The van der Waals surface area contributed by atoms with E-state index in [-0.39, 0.29) is 6.61 Å². The molecule has 4 rings (SSSR count). The van der Waals surface area contributed by atoms with Gasteiger partial charge in [0, 0.05) is 17.0 Å². The van der Waals surface area contributed by atoms with Crippen molar-refractivity contribution in [2.24, 2.45) is 0 Å². The molecule has 0 saturated heterocycles. The van der Waals surface area contributed by atoms with Crippen LogP contribution in [0.15, 0.2) is 58.9 Å². The van der Waals surface area contributed by atoms with Gasteiger partial charge in [0.25, 0.3) is 0 Å². The number of allylic oxidation sites excluding steroid dienone is 1. The average Bonchev–Trinajstić information content (AvgIpc) is 3.27. The molecule has 0 fully saturated rings. The molecule has 1 N–H and O–H groups in total. The van der Waals surface area contributed by atoms with Crippen LogP contribution < -0.4 is 10.1 Å². The van der Waals surface area contributed by atoms with Crippen LogP contribution in [0.1, 0.15) is 50.8 Å². The maximum absolute atomic E-state index is 14.1. The summed E-state index contributed by atoms with van der Waals surface area (Å²) in [7, 11) is 0. The van der Waals surface area contributed by atoms with E-state index in [1.165, 1.54) is 6.07 Å². The number of thioether (sulfide) groups is 1. The summed E-state index contributed by atoms with van der Waals surface area (Å²) in [4.78, 5) is 17.7. The fourth-order valence-electron chi connectivity index (χ4n) is 3.80. The predicted octanol–water partition coefficient (Wildman–Crippen LogP) is 6.39. The van der Waals surface area contributed by atoms with Crippen LogP contribution >= 0.6 is 23.4 Å². The monoisotopic (exact) mass is 530 g/mol. The summed E-state index contributed by atoms with van der Waals surface area (Å²) in [6, 6.07) is 11.3. The maximum atomic E-state index is 14.1. The Kier molecular flexibility index (Phi) is 8.53. The number of esters is 1. The number of aromatic nitrogens is 3. The lowest BCUT2D eigenvalue weighted by molar-refractivity contribution is -0.139. The van der Waals surface area contributed by atoms with Gasteiger partial charge in [-0.1, -0.05) is 55.4 Å². The van der Waals surface area contributed by atoms with E-state index in [2.05, 4.69) is 22.3 Å². The van der Waals surface area contributed by atoms with Gasteiger partial charge in [0.2, 0.25) is 11.1 Å². The largest absolute Gasteiger partial charge is 0.489 e. The van der Waals surface area contributed by atoms with Crippen molar-refractivity contribution in [1.82, 2.24) is 14.8 Å². The first kappa shape index (κ1) is 26.0. The smallest absolute Gasteiger partial charge is 0.338 e. The van der Waals surface area contributed by atoms with E-state index in [1.54, 1.807) is 40.7 Å². The third-order valence-corrected chi connectivity index (χ3v) is 6.96. The van der Waals surface area contributed by atoms with Gasteiger partial charge >= 0.3 is 5.97 Å². The molecule has 190 valence electrons. The first-order valence-corrected chi connectivity index (χ1v) is 13.2. The van der Waals surface area contributed by atoms with Gasteiger partial charge in [0.15, 0.2) is 0 Å². The Morgan fingerprint density at radius 1 is 1.19 bits per heavy atom. The van der Waals surface area contributed by atoms with E-state index in [1.807, 2.05) is 26.0 Å². The predicted molar refractivity (Wildman–Crippen MR) is 139 cm³/mol. The highest BCUT2D eigenvalue weighted by atomic mass is 35.5. The molecule has 10 heteroatoms. The lowest BCUT2D eigenvalue weighted by Crippen LogP contribution is -2.29. The molecule has 36 heavy (non-hydrogen) atoms. The van der Waals surface area contributed by atoms with Gasteiger partial charge < -0.3 is 14.8 Å². The van der Waals surface area contributed by atoms with E-state index >= 15 is 0 Å². The fraction of sp³-hybridized carbons (Fsp3) is 0.346. The van der Waals surface area contributed by atoms with Crippen LogP contribution in [0.5, 0.6) is 5.75 Å². The highest BCUT2D eigenvalue weighted by Gasteiger charge is 2.35. The Labute approximate surface area is 219 Å². The van der Waals surface area contributed by atoms with Crippen LogP contribution in [0.2, 0.25) is 5.02 Å². The van der Waals surface area contributed by atoms with Crippen molar-refractivity contribution in [1.29, 1.82) is 0 Å². The zero-order valence-electron chi connectivity index (χ0n) is 20.4. The molecule has 1 aromatic heterocycles. The van der Waals surface area contributed by atoms with Crippen LogP contribution in [-0.4, -0.2) is 33.1 Å². The fourth-order valence-corrected chi connectivity index (χ4v) is 4.70. The molecular weight excluding hydrogens is 503 g/mol. The Morgan fingerprint density at radius 2 is 1.97 bits per heavy atom. The topological polar surface area (TPSA) is 78.3 Å². The molecule has 2 aromatic carbocycles. The SMILES string of the molecule is CCCOC(=O)C1=C(C)Nc2nc(SCCC)nn2C1c1ccc(OCc2c(F)cccc2Cl)cc1. The first-order chi connectivity index (χ1) is 17.4. The highest BCUT2D eigenvalue weighted by Crippen LogP contribution is 2.37.